The van der Waals surface area contributed by atoms with Crippen LogP contribution in [0.1, 0.15) is 116 Å². The summed E-state index contributed by atoms with van der Waals surface area (Å²) in [5.41, 5.74) is -4.52. The van der Waals surface area contributed by atoms with Gasteiger partial charge in [-0.05, 0) is 116 Å². The minimum absolute atomic E-state index is 0.169. The standard InChI is InChI=1S/C17H27Cl3N2O6.C17H30N2O6/c1-15(2,3)27-13(24)21-9-7-8-11(12(23)26-10-17(18,19)20)22(21)14(25)28-16(4,5)6;1-15(2,3)24-13(21)18-11-9-10-17(7,12(20)23-8)19(18)14(22)25-16(4,5)6/h11H,7-10H2,1-6H3;9-11H2,1-8H3/t11-;/m0./s1. The predicted molar refractivity (Wildman–Crippen MR) is 196 cm³/mol. The Balaban J connectivity index is 0.000000533. The Morgan fingerprint density at radius 2 is 1.06 bits per heavy atom. The lowest BCUT2D eigenvalue weighted by atomic mass is 9.93. The number of rotatable bonds is 3. The lowest BCUT2D eigenvalue weighted by Gasteiger charge is -2.48. The summed E-state index contributed by atoms with van der Waals surface area (Å²) in [4.78, 5) is 75.7. The molecule has 306 valence electrons. The van der Waals surface area contributed by atoms with Gasteiger partial charge in [0.25, 0.3) is 0 Å². The quantitative estimate of drug-likeness (QED) is 0.156. The third kappa shape index (κ3) is 16.0. The molecule has 2 fully saturated rings. The van der Waals surface area contributed by atoms with Gasteiger partial charge >= 0.3 is 36.3 Å². The van der Waals surface area contributed by atoms with Gasteiger partial charge in [0.05, 0.1) is 7.11 Å². The number of methoxy groups -OCH3 is 1. The summed E-state index contributed by atoms with van der Waals surface area (Å²) in [5.74, 6) is -1.43. The Labute approximate surface area is 327 Å². The van der Waals surface area contributed by atoms with Gasteiger partial charge in [0.2, 0.25) is 3.79 Å². The highest BCUT2D eigenvalue weighted by Gasteiger charge is 2.52. The maximum Gasteiger partial charge on any atom is 0.430 e. The van der Waals surface area contributed by atoms with Crippen molar-refractivity contribution in [1.82, 2.24) is 20.0 Å². The summed E-state index contributed by atoms with van der Waals surface area (Å²) in [7, 11) is 1.24. The molecule has 2 aliphatic heterocycles. The van der Waals surface area contributed by atoms with Gasteiger partial charge in [-0.2, -0.15) is 10.0 Å². The van der Waals surface area contributed by atoms with Crippen molar-refractivity contribution in [3.8, 4) is 0 Å². The van der Waals surface area contributed by atoms with Crippen LogP contribution in [0.2, 0.25) is 0 Å². The topological polar surface area (TPSA) is 171 Å². The molecule has 2 saturated heterocycles. The van der Waals surface area contributed by atoms with E-state index < -0.39 is 80.7 Å². The van der Waals surface area contributed by atoms with Crippen LogP contribution in [0, 0.1) is 0 Å². The second-order valence-electron chi connectivity index (χ2n) is 16.6. The van der Waals surface area contributed by atoms with E-state index in [1.54, 1.807) is 90.0 Å². The van der Waals surface area contributed by atoms with Crippen molar-refractivity contribution in [2.75, 3.05) is 26.8 Å². The lowest BCUT2D eigenvalue weighted by molar-refractivity contribution is -0.174. The van der Waals surface area contributed by atoms with Crippen LogP contribution in [-0.4, -0.2) is 121 Å². The number of carbonyl (C=O) groups excluding carboxylic acids is 6. The number of nitrogens with zero attached hydrogens (tertiary/aromatic N) is 4. The van der Waals surface area contributed by atoms with E-state index in [9.17, 15) is 28.8 Å². The minimum Gasteiger partial charge on any atom is -0.467 e. The number of hydrogen-bond acceptors (Lipinski definition) is 12. The summed E-state index contributed by atoms with van der Waals surface area (Å²) in [5, 5.41) is 4.12. The molecule has 0 saturated carbocycles. The largest absolute Gasteiger partial charge is 0.467 e. The lowest BCUT2D eigenvalue weighted by Crippen LogP contribution is -2.67. The molecule has 2 atom stereocenters. The van der Waals surface area contributed by atoms with Crippen LogP contribution in [0.3, 0.4) is 0 Å². The summed E-state index contributed by atoms with van der Waals surface area (Å²) in [6.45, 7) is 21.9. The summed E-state index contributed by atoms with van der Waals surface area (Å²) >= 11 is 16.9. The van der Waals surface area contributed by atoms with Gasteiger partial charge in [0, 0.05) is 13.1 Å². The van der Waals surface area contributed by atoms with E-state index in [0.717, 1.165) is 20.0 Å². The molecule has 4 amide bonds. The van der Waals surface area contributed by atoms with E-state index >= 15 is 0 Å². The van der Waals surface area contributed by atoms with Crippen LogP contribution < -0.4 is 0 Å². The Morgan fingerprint density at radius 1 is 0.642 bits per heavy atom. The van der Waals surface area contributed by atoms with Crippen LogP contribution in [0.15, 0.2) is 0 Å². The molecule has 0 aromatic carbocycles. The molecule has 16 nitrogen and oxygen atoms in total. The average Bonchev–Trinajstić information content (AvgIpc) is 2.95. The normalized spacial score (nSPS) is 20.0. The molecule has 19 heteroatoms. The average molecular weight is 820 g/mol. The fourth-order valence-electron chi connectivity index (χ4n) is 4.87. The van der Waals surface area contributed by atoms with Crippen molar-refractivity contribution in [1.29, 1.82) is 0 Å². The van der Waals surface area contributed by atoms with E-state index in [-0.39, 0.29) is 19.5 Å². The molecule has 0 aromatic rings. The molecule has 0 aliphatic carbocycles. The SMILES string of the molecule is CC(C)(C)OC(=O)N1CCC[C@@H](C(=O)OCC(Cl)(Cl)Cl)N1C(=O)OC(C)(C)C.COC(=O)C1(C)CCCN(C(=O)OC(C)(C)C)N1C(=O)OC(C)(C)C. The van der Waals surface area contributed by atoms with Crippen molar-refractivity contribution in [2.24, 2.45) is 0 Å². The molecule has 1 unspecified atom stereocenters. The van der Waals surface area contributed by atoms with Crippen LogP contribution in [0.25, 0.3) is 0 Å². The number of alkyl halides is 3. The number of esters is 2. The number of carbonyl (C=O) groups is 6. The highest BCUT2D eigenvalue weighted by molar-refractivity contribution is 6.67. The predicted octanol–water partition coefficient (Wildman–Crippen LogP) is 7.55. The number of hydrogen-bond donors (Lipinski definition) is 0. The van der Waals surface area contributed by atoms with E-state index in [1.807, 2.05) is 0 Å². The van der Waals surface area contributed by atoms with Crippen molar-refractivity contribution in [2.45, 2.75) is 153 Å². The second-order valence-corrected chi connectivity index (χ2v) is 19.1. The van der Waals surface area contributed by atoms with E-state index in [0.29, 0.717) is 19.3 Å². The van der Waals surface area contributed by atoms with Crippen molar-refractivity contribution < 1.29 is 57.2 Å². The smallest absolute Gasteiger partial charge is 0.430 e. The molecule has 2 rings (SSSR count). The van der Waals surface area contributed by atoms with Crippen LogP contribution in [0.5, 0.6) is 0 Å². The molecule has 2 heterocycles. The zero-order valence-electron chi connectivity index (χ0n) is 33.3. The minimum atomic E-state index is -1.80. The van der Waals surface area contributed by atoms with Crippen LogP contribution in [-0.2, 0) is 38.0 Å². The van der Waals surface area contributed by atoms with Crippen molar-refractivity contribution in [3.63, 3.8) is 0 Å². The highest BCUT2D eigenvalue weighted by atomic mass is 35.6. The van der Waals surface area contributed by atoms with Crippen LogP contribution in [0.4, 0.5) is 19.2 Å². The molecule has 2 aliphatic rings. The molecular weight excluding hydrogens is 763 g/mol. The first kappa shape index (κ1) is 47.9. The molecule has 0 spiro atoms. The fraction of sp³-hybridized carbons (Fsp3) is 0.824. The van der Waals surface area contributed by atoms with Gasteiger partial charge in [-0.3, -0.25) is 0 Å². The van der Waals surface area contributed by atoms with Gasteiger partial charge in [-0.15, -0.1) is 0 Å². The maximum absolute atomic E-state index is 12.8. The number of ether oxygens (including phenoxy) is 6. The van der Waals surface area contributed by atoms with Gasteiger partial charge in [0.1, 0.15) is 29.0 Å². The van der Waals surface area contributed by atoms with Crippen LogP contribution >= 0.6 is 34.8 Å². The number of hydrazine groups is 2. The van der Waals surface area contributed by atoms with Gasteiger partial charge < -0.3 is 28.4 Å². The van der Waals surface area contributed by atoms with Gasteiger partial charge in [0.15, 0.2) is 11.6 Å². The van der Waals surface area contributed by atoms with E-state index in [1.165, 1.54) is 7.11 Å². The third-order valence-corrected chi connectivity index (χ3v) is 7.10. The van der Waals surface area contributed by atoms with Gasteiger partial charge in [-0.1, -0.05) is 34.8 Å². The Morgan fingerprint density at radius 3 is 1.49 bits per heavy atom. The summed E-state index contributed by atoms with van der Waals surface area (Å²) < 4.78 is 29.6. The maximum atomic E-state index is 12.8. The number of amides is 4. The first-order chi connectivity index (χ1) is 23.7. The second kappa shape index (κ2) is 18.0. The van der Waals surface area contributed by atoms with E-state index in [2.05, 4.69) is 0 Å². The third-order valence-electron chi connectivity index (χ3n) is 6.78. The Bertz CT molecular complexity index is 1330. The van der Waals surface area contributed by atoms with Crippen molar-refractivity contribution in [3.05, 3.63) is 0 Å². The molecule has 0 aromatic heterocycles. The monoisotopic (exact) mass is 818 g/mol. The molecule has 0 N–H and O–H groups in total. The first-order valence-electron chi connectivity index (χ1n) is 17.1. The van der Waals surface area contributed by atoms with Gasteiger partial charge in [-0.25, -0.2) is 38.8 Å². The van der Waals surface area contributed by atoms with Crippen molar-refractivity contribution >= 4 is 71.1 Å². The Kier molecular flexibility index (Phi) is 16.3. The highest BCUT2D eigenvalue weighted by Crippen LogP contribution is 2.33. The zero-order valence-corrected chi connectivity index (χ0v) is 35.6. The molecular formula is C34H57Cl3N4O12. The molecule has 0 radical (unpaired) electrons. The zero-order chi connectivity index (χ0) is 41.5. The number of halogens is 3. The first-order valence-corrected chi connectivity index (χ1v) is 18.2. The Hall–Kier alpha value is -3.11. The summed E-state index contributed by atoms with van der Waals surface area (Å²) in [6, 6.07) is -1.12. The summed E-state index contributed by atoms with van der Waals surface area (Å²) in [6.07, 6.45) is -1.63. The van der Waals surface area contributed by atoms with E-state index in [4.69, 9.17) is 63.2 Å². The fourth-order valence-corrected chi connectivity index (χ4v) is 5.04. The molecule has 0 bridgehead atoms. The molecule has 53 heavy (non-hydrogen) atoms.